The third kappa shape index (κ3) is 15.7. The molecule has 7 aromatic rings. The molecule has 2 heterocycles. The first-order valence-corrected chi connectivity index (χ1v) is 30.3. The average molecular weight is 1160 g/mol. The number of thioether (sulfide) groups is 2. The largest absolute Gasteiger partial charge is 0.497 e. The number of aryl methyl sites for hydroxylation is 3. The molecule has 4 N–H and O–H groups in total. The minimum absolute atomic E-state index is 0.0456. The number of pyridine rings is 1. The second-order valence-electron chi connectivity index (χ2n) is 17.3. The van der Waals surface area contributed by atoms with E-state index in [0.29, 0.717) is 71.9 Å². The molecule has 0 amide bonds. The van der Waals surface area contributed by atoms with Crippen molar-refractivity contribution < 1.29 is 53.5 Å². The Labute approximate surface area is 457 Å². The number of fused-ring (bicyclic) bond motifs is 3. The van der Waals surface area contributed by atoms with Crippen molar-refractivity contribution in [3.8, 4) is 23.4 Å². The Kier molecular flexibility index (Phi) is 19.1. The Morgan fingerprint density at radius 3 is 1.65 bits per heavy atom. The second kappa shape index (κ2) is 25.5. The van der Waals surface area contributed by atoms with Crippen LogP contribution >= 0.6 is 23.5 Å². The van der Waals surface area contributed by atoms with Crippen LogP contribution in [0.1, 0.15) is 47.1 Å². The average Bonchev–Trinajstić information content (AvgIpc) is 3.97. The van der Waals surface area contributed by atoms with Gasteiger partial charge in [-0.1, -0.05) is 18.2 Å². The van der Waals surface area contributed by atoms with Crippen molar-refractivity contribution in [1.29, 1.82) is 5.26 Å². The number of nitrogens with zero attached hydrogens (tertiary/aromatic N) is 11. The van der Waals surface area contributed by atoms with E-state index in [4.69, 9.17) is 9.47 Å². The smallest absolute Gasteiger partial charge is 0.264 e. The Morgan fingerprint density at radius 1 is 0.615 bits per heavy atom. The maximum atomic E-state index is 11.6. The van der Waals surface area contributed by atoms with Crippen LogP contribution in [0.5, 0.6) is 17.4 Å². The fourth-order valence-corrected chi connectivity index (χ4v) is 11.2. The van der Waals surface area contributed by atoms with E-state index >= 15 is 0 Å². The highest BCUT2D eigenvalue weighted by Crippen LogP contribution is 2.44. The summed E-state index contributed by atoms with van der Waals surface area (Å²) in [6.45, 7) is 6.71. The molecule has 0 saturated heterocycles. The molecular weight excluding hydrogens is 1110 g/mol. The number of methoxy groups -OCH3 is 1. The Hall–Kier alpha value is -7.23. The number of hydrogen-bond donors (Lipinski definition) is 4. The van der Waals surface area contributed by atoms with E-state index in [9.17, 15) is 49.3 Å². The van der Waals surface area contributed by atoms with Gasteiger partial charge in [0, 0.05) is 27.5 Å². The molecule has 7 rings (SSSR count). The highest BCUT2D eigenvalue weighted by molar-refractivity contribution is 7.99. The molecule has 0 atom stereocenters. The summed E-state index contributed by atoms with van der Waals surface area (Å²) in [5.74, 6) is -0.739. The first-order chi connectivity index (χ1) is 37.0. The van der Waals surface area contributed by atoms with Crippen molar-refractivity contribution in [1.82, 2.24) is 9.38 Å². The number of benzene rings is 5. The molecule has 408 valence electrons. The fraction of sp³-hybridized carbons (Fsp3) is 0.280. The van der Waals surface area contributed by atoms with Gasteiger partial charge in [-0.05, 0) is 130 Å². The monoisotopic (exact) mass is 1160 g/mol. The zero-order valence-corrected chi connectivity index (χ0v) is 46.5. The fourth-order valence-electron chi connectivity index (χ4n) is 7.47. The van der Waals surface area contributed by atoms with Crippen molar-refractivity contribution in [3.63, 3.8) is 0 Å². The normalized spacial score (nSPS) is 12.6. The summed E-state index contributed by atoms with van der Waals surface area (Å²) in [6, 6.07) is 26.3. The van der Waals surface area contributed by atoms with Gasteiger partial charge >= 0.3 is 0 Å². The van der Waals surface area contributed by atoms with Crippen LogP contribution in [0, 0.1) is 39.0 Å². The number of aromatic nitrogens is 2. The number of azo groups is 4. The van der Waals surface area contributed by atoms with E-state index in [1.807, 2.05) is 25.1 Å². The van der Waals surface area contributed by atoms with Gasteiger partial charge in [0.25, 0.3) is 30.4 Å². The first-order valence-electron chi connectivity index (χ1n) is 23.5. The number of ether oxygens (including phenoxy) is 2. The standard InChI is InChI=1S/C50H51N11O12S5/c1-30-22-41(57-60-48-33(4)36(29-51)49-52-40-25-35(72-5)14-15-44(40)61(49)50(48)62)45(73-16-9-19-76(63,64)65)26-37(30)55-58-42-24-32(3)39(28-47(42)75-18-11-21-78(69,70)71)56-59-43-23-31(2)38(54-53-34-12-7-6-8-13-34)27-46(43)74-17-10-20-77(66,67)68/h6-8,12-15,22-28,62H,9-11,16-21H2,1-5H3,(H,63,64,65)(H,66,67,68)(H,69,70,71). The lowest BCUT2D eigenvalue weighted by molar-refractivity contribution is 0.317. The zero-order chi connectivity index (χ0) is 56.4. The predicted molar refractivity (Wildman–Crippen MR) is 297 cm³/mol. The van der Waals surface area contributed by atoms with Crippen LogP contribution in [0.15, 0.2) is 136 Å². The maximum absolute atomic E-state index is 11.6. The molecule has 28 heteroatoms. The van der Waals surface area contributed by atoms with Gasteiger partial charge < -0.3 is 14.6 Å². The van der Waals surface area contributed by atoms with Crippen molar-refractivity contribution >= 4 is 116 Å². The quantitative estimate of drug-likeness (QED) is 0.0189. The van der Waals surface area contributed by atoms with E-state index in [2.05, 4.69) is 52.0 Å². The van der Waals surface area contributed by atoms with Crippen LogP contribution in [-0.2, 0) is 30.4 Å². The molecular formula is C50H51N11O12S5. The molecule has 2 aromatic heterocycles. The summed E-state index contributed by atoms with van der Waals surface area (Å²) in [6.07, 6.45) is 0.128. The molecule has 0 aliphatic rings. The van der Waals surface area contributed by atoms with Crippen LogP contribution in [-0.4, -0.2) is 95.9 Å². The highest BCUT2D eigenvalue weighted by atomic mass is 32.2. The Balaban J connectivity index is 1.25. The summed E-state index contributed by atoms with van der Waals surface area (Å²) in [4.78, 5) is 5.70. The molecule has 0 aliphatic heterocycles. The number of aromatic hydroxyl groups is 1. The van der Waals surface area contributed by atoms with Crippen LogP contribution in [0.4, 0.5) is 45.5 Å². The minimum Gasteiger partial charge on any atom is -0.497 e. The predicted octanol–water partition coefficient (Wildman–Crippen LogP) is 13.4. The summed E-state index contributed by atoms with van der Waals surface area (Å²) in [5, 5.41) is 57.8. The lowest BCUT2D eigenvalue weighted by Gasteiger charge is -2.12. The van der Waals surface area contributed by atoms with Crippen LogP contribution in [0.3, 0.4) is 0 Å². The van der Waals surface area contributed by atoms with Crippen molar-refractivity contribution in [2.45, 2.75) is 56.7 Å². The van der Waals surface area contributed by atoms with Crippen LogP contribution in [0.25, 0.3) is 16.7 Å². The molecule has 5 aromatic carbocycles. The van der Waals surface area contributed by atoms with Gasteiger partial charge in [-0.2, -0.15) is 51.0 Å². The van der Waals surface area contributed by atoms with Gasteiger partial charge in [-0.25, -0.2) is 4.98 Å². The molecule has 0 aliphatic carbocycles. The third-order valence-corrected chi connectivity index (χ3v) is 16.1. The van der Waals surface area contributed by atoms with Gasteiger partial charge in [0.15, 0.2) is 11.3 Å². The summed E-state index contributed by atoms with van der Waals surface area (Å²) < 4.78 is 110. The Morgan fingerprint density at radius 2 is 1.12 bits per heavy atom. The topological polar surface area (TPSA) is 342 Å². The lowest BCUT2D eigenvalue weighted by atomic mass is 10.1. The number of imidazole rings is 1. The first kappa shape index (κ1) is 58.5. The number of nitriles is 1. The zero-order valence-electron chi connectivity index (χ0n) is 42.5. The lowest BCUT2D eigenvalue weighted by Crippen LogP contribution is -2.08. The van der Waals surface area contributed by atoms with E-state index in [1.54, 1.807) is 81.4 Å². The molecule has 0 radical (unpaired) electrons. The van der Waals surface area contributed by atoms with E-state index in [-0.39, 0.29) is 77.1 Å². The van der Waals surface area contributed by atoms with E-state index < -0.39 is 47.6 Å². The third-order valence-electron chi connectivity index (χ3n) is 11.4. The van der Waals surface area contributed by atoms with Gasteiger partial charge in [-0.3, -0.25) is 18.1 Å². The molecule has 78 heavy (non-hydrogen) atoms. The summed E-state index contributed by atoms with van der Waals surface area (Å²) in [7, 11) is -11.3. The van der Waals surface area contributed by atoms with Gasteiger partial charge in [0.1, 0.15) is 28.8 Å². The molecule has 0 bridgehead atoms. The number of hydrogen-bond acceptors (Lipinski definition) is 21. The highest BCUT2D eigenvalue weighted by Gasteiger charge is 2.22. The molecule has 0 unspecified atom stereocenters. The SMILES string of the molecule is COc1ccc2c(c1)nc1c(C#N)c(C)c(N=Nc3cc(C)c(N=Nc4cc(C)c(N=Nc5cc(C)c(N=Nc6ccccc6)cc5SCCCS(=O)(=O)O)cc4SCCCS(=O)(=O)O)cc3OCCCS(=O)(=O)O)c(O)n12. The maximum Gasteiger partial charge on any atom is 0.264 e. The van der Waals surface area contributed by atoms with Crippen molar-refractivity contribution in [3.05, 3.63) is 113 Å². The van der Waals surface area contributed by atoms with Crippen LogP contribution in [0.2, 0.25) is 0 Å². The van der Waals surface area contributed by atoms with Gasteiger partial charge in [0.2, 0.25) is 5.88 Å². The van der Waals surface area contributed by atoms with Crippen molar-refractivity contribution in [2.24, 2.45) is 40.9 Å². The second-order valence-corrected chi connectivity index (χ2v) is 24.3. The van der Waals surface area contributed by atoms with Crippen molar-refractivity contribution in [2.75, 3.05) is 42.5 Å². The molecule has 23 nitrogen and oxygen atoms in total. The van der Waals surface area contributed by atoms with Crippen LogP contribution < -0.4 is 9.47 Å². The van der Waals surface area contributed by atoms with E-state index in [0.717, 1.165) is 5.56 Å². The Bertz CT molecular complexity index is 3920. The molecule has 0 fully saturated rings. The van der Waals surface area contributed by atoms with Gasteiger partial charge in [-0.15, -0.1) is 44.0 Å². The molecule has 0 spiro atoms. The molecule has 0 saturated carbocycles. The van der Waals surface area contributed by atoms with E-state index in [1.165, 1.54) is 41.1 Å². The summed E-state index contributed by atoms with van der Waals surface area (Å²) >= 11 is 2.53. The minimum atomic E-state index is -4.32. The summed E-state index contributed by atoms with van der Waals surface area (Å²) in [5.41, 5.74) is 6.10. The number of rotatable bonds is 24. The van der Waals surface area contributed by atoms with Gasteiger partial charge in [0.05, 0.1) is 76.1 Å².